The molecule has 0 unspecified atom stereocenters. The SMILES string of the molecule is CCN(CC)CCCn1c2c(c(SCC(=O)Nc3cccc(OC)c3)nc1=O)CCC2. The molecule has 1 heterocycles. The zero-order valence-corrected chi connectivity index (χ0v) is 19.5. The van der Waals surface area contributed by atoms with E-state index in [1.807, 2.05) is 22.8 Å². The minimum Gasteiger partial charge on any atom is -0.497 e. The zero-order chi connectivity index (χ0) is 22.2. The molecule has 1 aromatic carbocycles. The molecule has 8 heteroatoms. The summed E-state index contributed by atoms with van der Waals surface area (Å²) < 4.78 is 7.04. The molecule has 7 nitrogen and oxygen atoms in total. The predicted octanol–water partition coefficient (Wildman–Crippen LogP) is 3.20. The molecule has 0 aliphatic heterocycles. The highest BCUT2D eigenvalue weighted by atomic mass is 32.2. The van der Waals surface area contributed by atoms with Crippen LogP contribution in [0.5, 0.6) is 5.75 Å². The van der Waals surface area contributed by atoms with Crippen molar-refractivity contribution in [2.75, 3.05) is 37.8 Å². The molecule has 0 spiro atoms. The van der Waals surface area contributed by atoms with E-state index in [0.717, 1.165) is 56.6 Å². The summed E-state index contributed by atoms with van der Waals surface area (Å²) in [5.74, 6) is 0.770. The maximum atomic E-state index is 12.7. The van der Waals surface area contributed by atoms with Gasteiger partial charge in [-0.2, -0.15) is 4.98 Å². The van der Waals surface area contributed by atoms with Crippen LogP contribution in [0.1, 0.15) is 37.9 Å². The molecule has 168 valence electrons. The van der Waals surface area contributed by atoms with E-state index in [1.165, 1.54) is 11.8 Å². The van der Waals surface area contributed by atoms with Crippen molar-refractivity contribution in [2.45, 2.75) is 51.1 Å². The number of hydrogen-bond donors (Lipinski definition) is 1. The quantitative estimate of drug-likeness (QED) is 0.424. The summed E-state index contributed by atoms with van der Waals surface area (Å²) in [6.07, 6.45) is 3.78. The molecule has 0 saturated heterocycles. The number of nitrogens with zero attached hydrogens (tertiary/aromatic N) is 3. The Morgan fingerprint density at radius 2 is 2.10 bits per heavy atom. The van der Waals surface area contributed by atoms with Crippen LogP contribution in [0.2, 0.25) is 0 Å². The second-order valence-corrected chi connectivity index (χ2v) is 8.54. The van der Waals surface area contributed by atoms with Crippen molar-refractivity contribution in [2.24, 2.45) is 0 Å². The van der Waals surface area contributed by atoms with Crippen LogP contribution in [-0.2, 0) is 24.2 Å². The van der Waals surface area contributed by atoms with Gasteiger partial charge in [-0.1, -0.05) is 31.7 Å². The van der Waals surface area contributed by atoms with Gasteiger partial charge in [-0.15, -0.1) is 0 Å². The number of ether oxygens (including phenoxy) is 1. The summed E-state index contributed by atoms with van der Waals surface area (Å²) in [6.45, 7) is 8.04. The molecule has 0 fully saturated rings. The van der Waals surface area contributed by atoms with Crippen LogP contribution in [0, 0.1) is 0 Å². The van der Waals surface area contributed by atoms with Gasteiger partial charge in [0.05, 0.1) is 12.9 Å². The number of hydrogen-bond acceptors (Lipinski definition) is 6. The van der Waals surface area contributed by atoms with Crippen molar-refractivity contribution < 1.29 is 9.53 Å². The van der Waals surface area contributed by atoms with E-state index >= 15 is 0 Å². The first-order chi connectivity index (χ1) is 15.0. The van der Waals surface area contributed by atoms with Crippen molar-refractivity contribution in [1.82, 2.24) is 14.5 Å². The highest BCUT2D eigenvalue weighted by Crippen LogP contribution is 2.29. The normalized spacial score (nSPS) is 12.8. The Morgan fingerprint density at radius 3 is 2.84 bits per heavy atom. The number of carbonyl (C=O) groups is 1. The van der Waals surface area contributed by atoms with Gasteiger partial charge in [0.25, 0.3) is 0 Å². The molecule has 0 radical (unpaired) electrons. The Balaban J connectivity index is 1.64. The first kappa shape index (κ1) is 23.3. The predicted molar refractivity (Wildman–Crippen MR) is 125 cm³/mol. The number of carbonyl (C=O) groups excluding carboxylic acids is 1. The van der Waals surface area contributed by atoms with Crippen molar-refractivity contribution in [3.05, 3.63) is 46.0 Å². The van der Waals surface area contributed by atoms with Crippen molar-refractivity contribution >= 4 is 23.4 Å². The first-order valence-corrected chi connectivity index (χ1v) is 12.0. The number of thioether (sulfide) groups is 1. The zero-order valence-electron chi connectivity index (χ0n) is 18.6. The van der Waals surface area contributed by atoms with Gasteiger partial charge in [-0.05, 0) is 57.5 Å². The Morgan fingerprint density at radius 1 is 1.29 bits per heavy atom. The lowest BCUT2D eigenvalue weighted by atomic mass is 10.2. The van der Waals surface area contributed by atoms with Crippen LogP contribution in [0.3, 0.4) is 0 Å². The van der Waals surface area contributed by atoms with Gasteiger partial charge < -0.3 is 15.0 Å². The molecular formula is C23H32N4O3S. The Labute approximate surface area is 188 Å². The minimum absolute atomic E-state index is 0.129. The maximum Gasteiger partial charge on any atom is 0.348 e. The van der Waals surface area contributed by atoms with Crippen LogP contribution in [-0.4, -0.2) is 52.9 Å². The molecule has 1 aliphatic carbocycles. The van der Waals surface area contributed by atoms with Gasteiger partial charge in [0, 0.05) is 29.6 Å². The van der Waals surface area contributed by atoms with Gasteiger partial charge in [-0.3, -0.25) is 9.36 Å². The highest BCUT2D eigenvalue weighted by Gasteiger charge is 2.22. The molecule has 1 amide bonds. The monoisotopic (exact) mass is 444 g/mol. The lowest BCUT2D eigenvalue weighted by Crippen LogP contribution is -2.30. The molecule has 0 bridgehead atoms. The lowest BCUT2D eigenvalue weighted by Gasteiger charge is -2.19. The molecule has 1 aliphatic rings. The number of fused-ring (bicyclic) bond motifs is 1. The molecule has 1 aromatic heterocycles. The minimum atomic E-state index is -0.198. The third-order valence-corrected chi connectivity index (χ3v) is 6.66. The first-order valence-electron chi connectivity index (χ1n) is 11.0. The van der Waals surface area contributed by atoms with Crippen LogP contribution < -0.4 is 15.7 Å². The van der Waals surface area contributed by atoms with E-state index in [0.29, 0.717) is 23.0 Å². The van der Waals surface area contributed by atoms with Crippen LogP contribution in [0.15, 0.2) is 34.1 Å². The second kappa shape index (κ2) is 11.3. The molecule has 3 rings (SSSR count). The van der Waals surface area contributed by atoms with E-state index in [1.54, 1.807) is 13.2 Å². The topological polar surface area (TPSA) is 76.5 Å². The average Bonchev–Trinajstić information content (AvgIpc) is 3.26. The fourth-order valence-electron chi connectivity index (χ4n) is 3.96. The summed E-state index contributed by atoms with van der Waals surface area (Å²) in [4.78, 5) is 31.9. The molecular weight excluding hydrogens is 412 g/mol. The summed E-state index contributed by atoms with van der Waals surface area (Å²) in [7, 11) is 1.59. The highest BCUT2D eigenvalue weighted by molar-refractivity contribution is 8.00. The van der Waals surface area contributed by atoms with E-state index in [-0.39, 0.29) is 17.3 Å². The van der Waals surface area contributed by atoms with Gasteiger partial charge in [0.1, 0.15) is 10.8 Å². The van der Waals surface area contributed by atoms with E-state index in [4.69, 9.17) is 4.74 Å². The standard InChI is InChI=1S/C23H32N4O3S/c1-4-26(5-2)13-8-14-27-20-12-7-11-19(20)22(25-23(27)29)31-16-21(28)24-17-9-6-10-18(15-17)30-3/h6,9-10,15H,4-5,7-8,11-14,16H2,1-3H3,(H,24,28). The fourth-order valence-corrected chi connectivity index (χ4v) is 4.84. The largest absolute Gasteiger partial charge is 0.497 e. The van der Waals surface area contributed by atoms with E-state index in [2.05, 4.69) is 29.0 Å². The summed E-state index contributed by atoms with van der Waals surface area (Å²) in [6, 6.07) is 7.25. The van der Waals surface area contributed by atoms with E-state index < -0.39 is 0 Å². The number of benzene rings is 1. The lowest BCUT2D eigenvalue weighted by molar-refractivity contribution is -0.113. The van der Waals surface area contributed by atoms with E-state index in [9.17, 15) is 9.59 Å². The Kier molecular flexibility index (Phi) is 8.54. The third-order valence-electron chi connectivity index (χ3n) is 5.64. The molecule has 0 atom stereocenters. The number of amides is 1. The molecule has 31 heavy (non-hydrogen) atoms. The van der Waals surface area contributed by atoms with Crippen LogP contribution in [0.25, 0.3) is 0 Å². The fraction of sp³-hybridized carbons (Fsp3) is 0.522. The van der Waals surface area contributed by atoms with Gasteiger partial charge in [0.15, 0.2) is 0 Å². The van der Waals surface area contributed by atoms with Gasteiger partial charge in [-0.25, -0.2) is 4.79 Å². The van der Waals surface area contributed by atoms with Crippen molar-refractivity contribution in [3.63, 3.8) is 0 Å². The van der Waals surface area contributed by atoms with Crippen molar-refractivity contribution in [3.8, 4) is 5.75 Å². The summed E-state index contributed by atoms with van der Waals surface area (Å²) >= 11 is 1.35. The smallest absolute Gasteiger partial charge is 0.348 e. The van der Waals surface area contributed by atoms with Crippen LogP contribution >= 0.6 is 11.8 Å². The van der Waals surface area contributed by atoms with Crippen molar-refractivity contribution in [1.29, 1.82) is 0 Å². The number of rotatable bonds is 11. The third kappa shape index (κ3) is 6.11. The Hall–Kier alpha value is -2.32. The Bertz CT molecular complexity index is 956. The van der Waals surface area contributed by atoms with Crippen LogP contribution in [0.4, 0.5) is 5.69 Å². The second-order valence-electron chi connectivity index (χ2n) is 7.58. The van der Waals surface area contributed by atoms with Gasteiger partial charge >= 0.3 is 5.69 Å². The number of nitrogens with one attached hydrogen (secondary N) is 1. The summed E-state index contributed by atoms with van der Waals surface area (Å²) in [5.41, 5.74) is 2.74. The number of aromatic nitrogens is 2. The average molecular weight is 445 g/mol. The molecule has 1 N–H and O–H groups in total. The molecule has 0 saturated carbocycles. The maximum absolute atomic E-state index is 12.7. The summed E-state index contributed by atoms with van der Waals surface area (Å²) in [5, 5.41) is 3.58. The van der Waals surface area contributed by atoms with Gasteiger partial charge in [0.2, 0.25) is 5.91 Å². The number of anilines is 1. The number of methoxy groups -OCH3 is 1. The molecule has 2 aromatic rings.